The zero-order chi connectivity index (χ0) is 22.8. The molecule has 162 valence electrons. The number of hydrogen-bond donors (Lipinski definition) is 1. The van der Waals surface area contributed by atoms with Crippen molar-refractivity contribution < 1.29 is 23.2 Å². The van der Waals surface area contributed by atoms with Crippen molar-refractivity contribution in [1.29, 1.82) is 0 Å². The van der Waals surface area contributed by atoms with E-state index in [0.29, 0.717) is 33.2 Å². The van der Waals surface area contributed by atoms with Gasteiger partial charge in [-0.05, 0) is 30.7 Å². The maximum Gasteiger partial charge on any atom is 0.341 e. The van der Waals surface area contributed by atoms with Crippen molar-refractivity contribution in [1.82, 2.24) is 5.16 Å². The highest BCUT2D eigenvalue weighted by Crippen LogP contribution is 2.37. The smallest absolute Gasteiger partial charge is 0.341 e. The van der Waals surface area contributed by atoms with Gasteiger partial charge in [-0.1, -0.05) is 47.1 Å². The van der Waals surface area contributed by atoms with E-state index in [9.17, 15) is 14.0 Å². The third-order valence-corrected chi connectivity index (χ3v) is 6.01. The van der Waals surface area contributed by atoms with Crippen molar-refractivity contribution >= 4 is 39.8 Å². The van der Waals surface area contributed by atoms with E-state index in [1.54, 1.807) is 48.7 Å². The molecule has 0 bridgehead atoms. The summed E-state index contributed by atoms with van der Waals surface area (Å²) in [6.07, 6.45) is 0. The monoisotopic (exact) mass is 470 g/mol. The molecule has 0 saturated carbocycles. The number of nitrogens with one attached hydrogen (secondary N) is 1. The van der Waals surface area contributed by atoms with Crippen LogP contribution in [0.5, 0.6) is 0 Å². The highest BCUT2D eigenvalue weighted by atomic mass is 35.5. The Balaban J connectivity index is 1.74. The summed E-state index contributed by atoms with van der Waals surface area (Å²) >= 11 is 7.43. The molecule has 0 radical (unpaired) electrons. The first-order chi connectivity index (χ1) is 15.4. The summed E-state index contributed by atoms with van der Waals surface area (Å²) in [5, 5.41) is 9.16. The van der Waals surface area contributed by atoms with Gasteiger partial charge >= 0.3 is 5.97 Å². The zero-order valence-electron chi connectivity index (χ0n) is 16.9. The lowest BCUT2D eigenvalue weighted by Crippen LogP contribution is -2.15. The number of ether oxygens (including phenoxy) is 1. The van der Waals surface area contributed by atoms with E-state index in [1.807, 2.05) is 0 Å². The zero-order valence-corrected chi connectivity index (χ0v) is 18.5. The third kappa shape index (κ3) is 4.02. The predicted molar refractivity (Wildman–Crippen MR) is 121 cm³/mol. The number of halogens is 2. The lowest BCUT2D eigenvalue weighted by atomic mass is 10.0. The molecule has 32 heavy (non-hydrogen) atoms. The van der Waals surface area contributed by atoms with Crippen LogP contribution in [0.4, 0.5) is 9.39 Å². The molecule has 0 aliphatic carbocycles. The number of amides is 1. The molecule has 2 aromatic heterocycles. The number of methoxy groups -OCH3 is 1. The maximum absolute atomic E-state index is 13.3. The molecule has 0 atom stereocenters. The van der Waals surface area contributed by atoms with Gasteiger partial charge in [-0.25, -0.2) is 9.18 Å². The van der Waals surface area contributed by atoms with E-state index in [2.05, 4.69) is 10.5 Å². The Morgan fingerprint density at radius 2 is 1.81 bits per heavy atom. The second kappa shape index (κ2) is 8.94. The quantitative estimate of drug-likeness (QED) is 0.351. The highest BCUT2D eigenvalue weighted by Gasteiger charge is 2.27. The second-order valence-corrected chi connectivity index (χ2v) is 8.04. The topological polar surface area (TPSA) is 81.4 Å². The van der Waals surface area contributed by atoms with Crippen LogP contribution in [0.25, 0.3) is 22.4 Å². The molecule has 6 nitrogen and oxygen atoms in total. The van der Waals surface area contributed by atoms with Crippen LogP contribution in [0.3, 0.4) is 0 Å². The summed E-state index contributed by atoms with van der Waals surface area (Å²) in [6.45, 7) is 1.61. The number of nitrogens with zero attached hydrogens (tertiary/aromatic N) is 1. The second-order valence-electron chi connectivity index (χ2n) is 6.75. The molecule has 0 fully saturated rings. The summed E-state index contributed by atoms with van der Waals surface area (Å²) in [4.78, 5) is 25.7. The van der Waals surface area contributed by atoms with E-state index in [-0.39, 0.29) is 16.1 Å². The molecule has 1 amide bonds. The summed E-state index contributed by atoms with van der Waals surface area (Å²) in [5.41, 5.74) is 2.34. The lowest BCUT2D eigenvalue weighted by Gasteiger charge is -2.09. The van der Waals surface area contributed by atoms with Crippen molar-refractivity contribution in [3.63, 3.8) is 0 Å². The summed E-state index contributed by atoms with van der Waals surface area (Å²) in [6, 6.07) is 12.6. The number of aromatic nitrogens is 1. The van der Waals surface area contributed by atoms with E-state index in [4.69, 9.17) is 20.9 Å². The van der Waals surface area contributed by atoms with Crippen LogP contribution in [0.15, 0.2) is 58.4 Å². The summed E-state index contributed by atoms with van der Waals surface area (Å²) in [7, 11) is 1.25. The molecule has 2 aromatic carbocycles. The molecule has 0 aliphatic rings. The van der Waals surface area contributed by atoms with E-state index in [1.165, 1.54) is 19.2 Å². The first-order valence-electron chi connectivity index (χ1n) is 9.39. The minimum Gasteiger partial charge on any atom is -0.465 e. The van der Waals surface area contributed by atoms with Crippen LogP contribution in [-0.2, 0) is 4.74 Å². The van der Waals surface area contributed by atoms with Gasteiger partial charge in [0.05, 0.1) is 12.1 Å². The minimum absolute atomic E-state index is 0.172. The van der Waals surface area contributed by atoms with Crippen LogP contribution in [0.1, 0.15) is 26.5 Å². The first-order valence-corrected chi connectivity index (χ1v) is 10.6. The van der Waals surface area contributed by atoms with Gasteiger partial charge in [0.2, 0.25) is 0 Å². The molecule has 2 heterocycles. The number of carbonyl (C=O) groups excluding carboxylic acids is 2. The summed E-state index contributed by atoms with van der Waals surface area (Å²) < 4.78 is 23.5. The van der Waals surface area contributed by atoms with Gasteiger partial charge in [0.15, 0.2) is 0 Å². The van der Waals surface area contributed by atoms with E-state index < -0.39 is 17.7 Å². The maximum atomic E-state index is 13.3. The molecular formula is C23H16ClFN2O4S. The number of benzene rings is 2. The van der Waals surface area contributed by atoms with Gasteiger partial charge in [-0.3, -0.25) is 4.79 Å². The highest BCUT2D eigenvalue weighted by molar-refractivity contribution is 7.15. The van der Waals surface area contributed by atoms with Crippen molar-refractivity contribution in [2.45, 2.75) is 6.92 Å². The van der Waals surface area contributed by atoms with Crippen molar-refractivity contribution in [2.24, 2.45) is 0 Å². The van der Waals surface area contributed by atoms with Crippen LogP contribution >= 0.6 is 22.9 Å². The normalized spacial score (nSPS) is 10.8. The van der Waals surface area contributed by atoms with Crippen LogP contribution in [0.2, 0.25) is 5.02 Å². The standard InChI is InChI=1S/C23H16ClFN2O4S/c1-12-18(20(27-31-12)15-5-3-4-6-17(15)24)21(28)26-22-19(23(29)30-2)16(11-32-22)13-7-9-14(25)10-8-13/h3-11H,1-2H3,(H,26,28). The fourth-order valence-electron chi connectivity index (χ4n) is 3.24. The van der Waals surface area contributed by atoms with Crippen LogP contribution in [-0.4, -0.2) is 24.1 Å². The number of rotatable bonds is 5. The van der Waals surface area contributed by atoms with Crippen LogP contribution < -0.4 is 5.32 Å². The van der Waals surface area contributed by atoms with Gasteiger partial charge in [-0.2, -0.15) is 0 Å². The van der Waals surface area contributed by atoms with Gasteiger partial charge in [0.1, 0.15) is 33.4 Å². The number of carbonyl (C=O) groups is 2. The Morgan fingerprint density at radius 1 is 1.09 bits per heavy atom. The molecule has 4 rings (SSSR count). The molecule has 1 N–H and O–H groups in total. The molecule has 0 unspecified atom stereocenters. The Morgan fingerprint density at radius 3 is 2.50 bits per heavy atom. The number of thiophene rings is 1. The van der Waals surface area contributed by atoms with Gasteiger partial charge < -0.3 is 14.6 Å². The minimum atomic E-state index is -0.630. The molecule has 4 aromatic rings. The van der Waals surface area contributed by atoms with Gasteiger partial charge in [0.25, 0.3) is 5.91 Å². The Kier molecular flexibility index (Phi) is 6.07. The molecule has 0 spiro atoms. The number of anilines is 1. The number of aryl methyl sites for hydroxylation is 1. The fraction of sp³-hybridized carbons (Fsp3) is 0.0870. The fourth-order valence-corrected chi connectivity index (χ4v) is 4.42. The summed E-state index contributed by atoms with van der Waals surface area (Å²) in [5.74, 6) is -1.25. The van der Waals surface area contributed by atoms with Crippen LogP contribution in [0, 0.1) is 12.7 Å². The van der Waals surface area contributed by atoms with E-state index in [0.717, 1.165) is 11.3 Å². The number of hydrogen-bond acceptors (Lipinski definition) is 6. The van der Waals surface area contributed by atoms with Crippen molar-refractivity contribution in [2.75, 3.05) is 12.4 Å². The SMILES string of the molecule is COC(=O)c1c(-c2ccc(F)cc2)csc1NC(=O)c1c(-c2ccccc2Cl)noc1C. The van der Waals surface area contributed by atoms with Crippen molar-refractivity contribution in [3.8, 4) is 22.4 Å². The Hall–Kier alpha value is -3.49. The molecule has 9 heteroatoms. The Labute approximate surface area is 191 Å². The van der Waals surface area contributed by atoms with E-state index >= 15 is 0 Å². The average molecular weight is 471 g/mol. The van der Waals surface area contributed by atoms with Gasteiger partial charge in [-0.15, -0.1) is 11.3 Å². The third-order valence-electron chi connectivity index (χ3n) is 4.78. The Bertz CT molecular complexity index is 1310. The van der Waals surface area contributed by atoms with Crippen molar-refractivity contribution in [3.05, 3.63) is 81.6 Å². The first kappa shape index (κ1) is 21.7. The molecular weight excluding hydrogens is 455 g/mol. The largest absolute Gasteiger partial charge is 0.465 e. The molecule has 0 saturated heterocycles. The predicted octanol–water partition coefficient (Wildman–Crippen LogP) is 6.21. The van der Waals surface area contributed by atoms with Gasteiger partial charge in [0, 0.05) is 16.5 Å². The number of esters is 1. The molecule has 0 aliphatic heterocycles. The lowest BCUT2D eigenvalue weighted by molar-refractivity contribution is 0.0603. The average Bonchev–Trinajstić information content (AvgIpc) is 3.37.